The molecule has 1 heterocycles. The van der Waals surface area contributed by atoms with E-state index in [4.69, 9.17) is 10.00 Å². The average Bonchev–Trinajstić information content (AvgIpc) is 3.28. The maximum Gasteiger partial charge on any atom is 0.255 e. The molecule has 3 N–H and O–H groups in total. The molecular weight excluding hydrogens is 464 g/mol. The quantitative estimate of drug-likeness (QED) is 0.304. The van der Waals surface area contributed by atoms with Crippen LogP contribution in [0.25, 0.3) is 22.0 Å². The Bertz CT molecular complexity index is 1440. The fraction of sp³-hybridized carbons (Fsp3) is 0.214. The van der Waals surface area contributed by atoms with Crippen LogP contribution in [0.3, 0.4) is 0 Å². The molecule has 0 radical (unpaired) electrons. The summed E-state index contributed by atoms with van der Waals surface area (Å²) in [7, 11) is 0. The summed E-state index contributed by atoms with van der Waals surface area (Å²) in [5, 5.41) is 22.7. The van der Waals surface area contributed by atoms with Crippen LogP contribution in [0.5, 0.6) is 5.75 Å². The van der Waals surface area contributed by atoms with Crippen LogP contribution in [0.15, 0.2) is 60.8 Å². The van der Waals surface area contributed by atoms with Gasteiger partial charge in [0.1, 0.15) is 23.5 Å². The Hall–Kier alpha value is -4.22. The van der Waals surface area contributed by atoms with E-state index < -0.39 is 17.8 Å². The van der Waals surface area contributed by atoms with Crippen LogP contribution in [-0.4, -0.2) is 35.3 Å². The topological polar surface area (TPSA) is 98.1 Å². The number of aromatic nitrogens is 1. The minimum Gasteiger partial charge on any atom is -0.493 e. The lowest BCUT2D eigenvalue weighted by Crippen LogP contribution is -2.39. The number of amides is 1. The normalized spacial score (nSPS) is 11.8. The van der Waals surface area contributed by atoms with Crippen molar-refractivity contribution >= 4 is 16.8 Å². The molecule has 0 aliphatic heterocycles. The molecule has 1 aromatic heterocycles. The van der Waals surface area contributed by atoms with E-state index in [-0.39, 0.29) is 30.0 Å². The Morgan fingerprint density at radius 1 is 1.14 bits per heavy atom. The molecule has 0 saturated heterocycles. The Morgan fingerprint density at radius 3 is 2.67 bits per heavy atom. The van der Waals surface area contributed by atoms with Gasteiger partial charge in [-0.15, -0.1) is 0 Å². The summed E-state index contributed by atoms with van der Waals surface area (Å²) in [5.41, 5.74) is 2.84. The third-order valence-electron chi connectivity index (χ3n) is 5.86. The first-order chi connectivity index (χ1) is 17.4. The zero-order chi connectivity index (χ0) is 25.7. The number of aliphatic hydroxyl groups is 1. The molecule has 0 fully saturated rings. The van der Waals surface area contributed by atoms with Gasteiger partial charge in [0.15, 0.2) is 0 Å². The van der Waals surface area contributed by atoms with Crippen LogP contribution in [0.2, 0.25) is 0 Å². The van der Waals surface area contributed by atoms with Crippen LogP contribution in [0.4, 0.5) is 8.78 Å². The van der Waals surface area contributed by atoms with Crippen molar-refractivity contribution in [3.8, 4) is 22.9 Å². The number of nitrogens with zero attached hydrogens (tertiary/aromatic N) is 1. The first-order valence-electron chi connectivity index (χ1n) is 11.6. The molecule has 36 heavy (non-hydrogen) atoms. The van der Waals surface area contributed by atoms with E-state index in [1.54, 1.807) is 30.5 Å². The molecule has 3 aromatic carbocycles. The van der Waals surface area contributed by atoms with Crippen LogP contribution >= 0.6 is 0 Å². The van der Waals surface area contributed by atoms with Gasteiger partial charge in [-0.3, -0.25) is 4.79 Å². The summed E-state index contributed by atoms with van der Waals surface area (Å²) in [6.45, 7) is 2.02. The first kappa shape index (κ1) is 24.9. The molecule has 0 spiro atoms. The number of fused-ring (bicyclic) bond motifs is 1. The van der Waals surface area contributed by atoms with E-state index in [2.05, 4.69) is 10.3 Å². The number of carbonyl (C=O) groups excluding carboxylic acids is 1. The van der Waals surface area contributed by atoms with Gasteiger partial charge >= 0.3 is 0 Å². The van der Waals surface area contributed by atoms with Gasteiger partial charge in [-0.25, -0.2) is 8.78 Å². The summed E-state index contributed by atoms with van der Waals surface area (Å²) in [5.74, 6) is -1.09. The van der Waals surface area contributed by atoms with Gasteiger partial charge in [-0.05, 0) is 72.0 Å². The molecule has 184 valence electrons. The minimum absolute atomic E-state index is 0.0969. The summed E-state index contributed by atoms with van der Waals surface area (Å²) in [4.78, 5) is 16.4. The van der Waals surface area contributed by atoms with Crippen molar-refractivity contribution in [1.82, 2.24) is 10.3 Å². The average molecular weight is 490 g/mol. The largest absolute Gasteiger partial charge is 0.493 e. The molecule has 8 heteroatoms. The van der Waals surface area contributed by atoms with Crippen LogP contribution in [-0.2, 0) is 6.42 Å². The number of benzene rings is 3. The molecule has 0 bridgehead atoms. The van der Waals surface area contributed by atoms with Gasteiger partial charge < -0.3 is 20.1 Å². The van der Waals surface area contributed by atoms with E-state index in [9.17, 15) is 18.7 Å². The number of nitrogens with one attached hydrogen (secondary N) is 2. The van der Waals surface area contributed by atoms with Crippen LogP contribution < -0.4 is 10.1 Å². The zero-order valence-electron chi connectivity index (χ0n) is 19.6. The number of aromatic amines is 1. The molecular formula is C28H25F2N3O3. The lowest BCUT2D eigenvalue weighted by Gasteiger charge is -2.18. The van der Waals surface area contributed by atoms with Gasteiger partial charge in [-0.2, -0.15) is 5.26 Å². The third kappa shape index (κ3) is 5.37. The Kier molecular flexibility index (Phi) is 7.62. The number of nitriles is 1. The smallest absolute Gasteiger partial charge is 0.255 e. The highest BCUT2D eigenvalue weighted by molar-refractivity contribution is 5.98. The number of ether oxygens (including phenoxy) is 1. The molecule has 4 rings (SSSR count). The van der Waals surface area contributed by atoms with E-state index in [1.165, 1.54) is 30.3 Å². The molecule has 0 saturated carbocycles. The fourth-order valence-electron chi connectivity index (χ4n) is 4.02. The van der Waals surface area contributed by atoms with Crippen molar-refractivity contribution in [3.05, 3.63) is 89.1 Å². The summed E-state index contributed by atoms with van der Waals surface area (Å²) >= 11 is 0. The Balaban J connectivity index is 1.62. The second-order valence-corrected chi connectivity index (χ2v) is 8.43. The number of halogens is 2. The van der Waals surface area contributed by atoms with Gasteiger partial charge in [-0.1, -0.05) is 19.1 Å². The molecule has 4 aromatic rings. The second kappa shape index (κ2) is 11.0. The number of hydrogen-bond acceptors (Lipinski definition) is 4. The summed E-state index contributed by atoms with van der Waals surface area (Å²) < 4.78 is 33.3. The SMILES string of the molecule is CCCOc1ccc(-c2ccc(F)c(C#N)c2)cc1C(=O)NC(CO)Cc1c[nH]c2ccc(F)cc12. The van der Waals surface area contributed by atoms with E-state index >= 15 is 0 Å². The number of hydrogen-bond donors (Lipinski definition) is 3. The van der Waals surface area contributed by atoms with E-state index in [1.807, 2.05) is 13.0 Å². The standard InChI is InChI=1S/C28H25F2N3O3/c1-2-9-36-27-8-4-18(17-3-6-25(30)19(10-17)14-31)12-24(27)28(35)33-22(16-34)11-20-15-32-26-7-5-21(29)13-23(20)26/h3-8,10,12-13,15,22,32,34H,2,9,11,16H2,1H3,(H,33,35). The van der Waals surface area contributed by atoms with Gasteiger partial charge in [0, 0.05) is 17.1 Å². The highest BCUT2D eigenvalue weighted by Gasteiger charge is 2.20. The summed E-state index contributed by atoms with van der Waals surface area (Å²) in [6.07, 6.45) is 2.75. The fourth-order valence-corrected chi connectivity index (χ4v) is 4.02. The van der Waals surface area contributed by atoms with Crippen molar-refractivity contribution in [2.45, 2.75) is 25.8 Å². The van der Waals surface area contributed by atoms with Crippen molar-refractivity contribution in [1.29, 1.82) is 5.26 Å². The monoisotopic (exact) mass is 489 g/mol. The predicted octanol–water partition coefficient (Wildman–Crippen LogP) is 5.11. The van der Waals surface area contributed by atoms with Crippen molar-refractivity contribution in [2.24, 2.45) is 0 Å². The van der Waals surface area contributed by atoms with Crippen molar-refractivity contribution < 1.29 is 23.4 Å². The second-order valence-electron chi connectivity index (χ2n) is 8.43. The minimum atomic E-state index is -0.640. The predicted molar refractivity (Wildman–Crippen MR) is 133 cm³/mol. The highest BCUT2D eigenvalue weighted by Crippen LogP contribution is 2.29. The van der Waals surface area contributed by atoms with Crippen LogP contribution in [0.1, 0.15) is 34.8 Å². The molecule has 6 nitrogen and oxygen atoms in total. The first-order valence-corrected chi connectivity index (χ1v) is 11.6. The molecule has 1 atom stereocenters. The molecule has 1 amide bonds. The number of rotatable bonds is 9. The highest BCUT2D eigenvalue weighted by atomic mass is 19.1. The van der Waals surface area contributed by atoms with Gasteiger partial charge in [0.05, 0.1) is 30.4 Å². The summed E-state index contributed by atoms with van der Waals surface area (Å²) in [6, 6.07) is 14.8. The molecule has 0 aliphatic rings. The Labute approximate surface area is 207 Å². The van der Waals surface area contributed by atoms with Crippen molar-refractivity contribution in [2.75, 3.05) is 13.2 Å². The van der Waals surface area contributed by atoms with E-state index in [0.29, 0.717) is 28.9 Å². The number of carbonyl (C=O) groups is 1. The van der Waals surface area contributed by atoms with E-state index in [0.717, 1.165) is 17.5 Å². The zero-order valence-corrected chi connectivity index (χ0v) is 19.6. The van der Waals surface area contributed by atoms with Gasteiger partial charge in [0.2, 0.25) is 0 Å². The maximum atomic E-state index is 13.8. The Morgan fingerprint density at radius 2 is 1.92 bits per heavy atom. The lowest BCUT2D eigenvalue weighted by molar-refractivity contribution is 0.0912. The lowest BCUT2D eigenvalue weighted by atomic mass is 9.99. The maximum absolute atomic E-state index is 13.8. The molecule has 1 unspecified atom stereocenters. The third-order valence-corrected chi connectivity index (χ3v) is 5.86. The van der Waals surface area contributed by atoms with Crippen molar-refractivity contribution in [3.63, 3.8) is 0 Å². The number of aliphatic hydroxyl groups excluding tert-OH is 1. The van der Waals surface area contributed by atoms with Gasteiger partial charge in [0.25, 0.3) is 5.91 Å². The molecule has 0 aliphatic carbocycles. The van der Waals surface area contributed by atoms with Crippen LogP contribution in [0, 0.1) is 23.0 Å². The number of H-pyrrole nitrogens is 1.